The van der Waals surface area contributed by atoms with Crippen molar-refractivity contribution in [3.05, 3.63) is 76.3 Å². The van der Waals surface area contributed by atoms with Gasteiger partial charge < -0.3 is 10.6 Å². The number of amides is 2. The van der Waals surface area contributed by atoms with Crippen molar-refractivity contribution in [2.75, 3.05) is 10.6 Å². The zero-order valence-corrected chi connectivity index (χ0v) is 15.3. The maximum absolute atomic E-state index is 12.7. The predicted octanol–water partition coefficient (Wildman–Crippen LogP) is 3.80. The van der Waals surface area contributed by atoms with E-state index in [1.54, 1.807) is 36.0 Å². The molecule has 3 aromatic rings. The lowest BCUT2D eigenvalue weighted by Gasteiger charge is -2.24. The van der Waals surface area contributed by atoms with Gasteiger partial charge in [0.15, 0.2) is 5.82 Å². The molecular formula is C20H17ClN4O2. The molecule has 0 saturated heterocycles. The standard InChI is InChI=1S/C20H17ClN4O2/c1-25-19-17(15(11-16(26)22-19)12-6-3-2-4-7-12)18(24-25)23-20(27)13-8-5-9-14(21)10-13/h2-10,15H,11H2,1H3,(H,22,26)(H,23,24,27). The smallest absolute Gasteiger partial charge is 0.256 e. The second-order valence-corrected chi connectivity index (χ2v) is 6.85. The number of anilines is 2. The van der Waals surface area contributed by atoms with E-state index in [9.17, 15) is 9.59 Å². The lowest BCUT2D eigenvalue weighted by Crippen LogP contribution is -2.25. The number of hydrogen-bond donors (Lipinski definition) is 2. The Bertz CT molecular complexity index is 1030. The lowest BCUT2D eigenvalue weighted by molar-refractivity contribution is -0.116. The van der Waals surface area contributed by atoms with Crippen LogP contribution in [0.5, 0.6) is 0 Å². The third-order valence-corrected chi connectivity index (χ3v) is 4.84. The summed E-state index contributed by atoms with van der Waals surface area (Å²) >= 11 is 5.98. The fourth-order valence-electron chi connectivity index (χ4n) is 3.36. The third kappa shape index (κ3) is 3.31. The zero-order valence-electron chi connectivity index (χ0n) is 14.6. The van der Waals surface area contributed by atoms with Gasteiger partial charge in [-0.1, -0.05) is 48.0 Å². The number of carbonyl (C=O) groups excluding carboxylic acids is 2. The highest BCUT2D eigenvalue weighted by molar-refractivity contribution is 6.31. The topological polar surface area (TPSA) is 76.0 Å². The number of rotatable bonds is 3. The molecule has 0 aliphatic carbocycles. The molecule has 1 aliphatic rings. The number of hydrogen-bond acceptors (Lipinski definition) is 3. The molecule has 0 radical (unpaired) electrons. The van der Waals surface area contributed by atoms with Gasteiger partial charge in [0.25, 0.3) is 5.91 Å². The summed E-state index contributed by atoms with van der Waals surface area (Å²) in [5.41, 5.74) is 2.25. The number of aryl methyl sites for hydroxylation is 1. The molecule has 7 heteroatoms. The molecule has 2 heterocycles. The Balaban J connectivity index is 1.74. The molecule has 0 saturated carbocycles. The van der Waals surface area contributed by atoms with E-state index in [4.69, 9.17) is 11.6 Å². The van der Waals surface area contributed by atoms with Crippen LogP contribution in [0.15, 0.2) is 54.6 Å². The van der Waals surface area contributed by atoms with Crippen LogP contribution in [-0.2, 0) is 11.8 Å². The SMILES string of the molecule is Cn1nc(NC(=O)c2cccc(Cl)c2)c2c1NC(=O)CC2c1ccccc1. The highest BCUT2D eigenvalue weighted by atomic mass is 35.5. The van der Waals surface area contributed by atoms with Gasteiger partial charge in [-0.05, 0) is 23.8 Å². The number of carbonyl (C=O) groups is 2. The molecular weight excluding hydrogens is 364 g/mol. The van der Waals surface area contributed by atoms with Crippen LogP contribution >= 0.6 is 11.6 Å². The summed E-state index contributed by atoms with van der Waals surface area (Å²) in [7, 11) is 1.74. The van der Waals surface area contributed by atoms with Gasteiger partial charge in [-0.25, -0.2) is 0 Å². The first-order valence-electron chi connectivity index (χ1n) is 8.51. The number of benzene rings is 2. The average Bonchev–Trinajstić information content (AvgIpc) is 2.97. The Morgan fingerprint density at radius 3 is 2.74 bits per heavy atom. The summed E-state index contributed by atoms with van der Waals surface area (Å²) in [4.78, 5) is 24.9. The Kier molecular flexibility index (Phi) is 4.41. The largest absolute Gasteiger partial charge is 0.311 e. The van der Waals surface area contributed by atoms with Crippen molar-refractivity contribution in [3.8, 4) is 0 Å². The molecule has 0 spiro atoms. The minimum Gasteiger partial charge on any atom is -0.311 e. The molecule has 1 aliphatic heterocycles. The Hall–Kier alpha value is -3.12. The van der Waals surface area contributed by atoms with Gasteiger partial charge in [0.05, 0.1) is 0 Å². The summed E-state index contributed by atoms with van der Waals surface area (Å²) in [5, 5.41) is 10.6. The maximum atomic E-state index is 12.7. The normalized spacial score (nSPS) is 15.8. The first-order valence-corrected chi connectivity index (χ1v) is 8.89. The van der Waals surface area contributed by atoms with Crippen molar-refractivity contribution in [1.29, 1.82) is 0 Å². The fraction of sp³-hybridized carbons (Fsp3) is 0.150. The van der Waals surface area contributed by atoms with Crippen LogP contribution in [0.1, 0.15) is 33.8 Å². The summed E-state index contributed by atoms with van der Waals surface area (Å²) < 4.78 is 1.58. The van der Waals surface area contributed by atoms with Crippen molar-refractivity contribution in [2.24, 2.45) is 7.05 Å². The molecule has 0 fully saturated rings. The van der Waals surface area contributed by atoms with Crippen LogP contribution in [0.4, 0.5) is 11.6 Å². The van der Waals surface area contributed by atoms with Gasteiger partial charge in [0, 0.05) is 35.5 Å². The molecule has 2 amide bonds. The lowest BCUT2D eigenvalue weighted by atomic mass is 9.86. The van der Waals surface area contributed by atoms with E-state index >= 15 is 0 Å². The summed E-state index contributed by atoms with van der Waals surface area (Å²) in [6.07, 6.45) is 0.294. The van der Waals surface area contributed by atoms with E-state index in [0.717, 1.165) is 11.1 Å². The van der Waals surface area contributed by atoms with E-state index in [2.05, 4.69) is 15.7 Å². The molecule has 0 bridgehead atoms. The highest BCUT2D eigenvalue weighted by Gasteiger charge is 2.33. The van der Waals surface area contributed by atoms with Gasteiger partial charge in [0.2, 0.25) is 5.91 Å². The fourth-order valence-corrected chi connectivity index (χ4v) is 3.55. The predicted molar refractivity (Wildman–Crippen MR) is 104 cm³/mol. The number of aromatic nitrogens is 2. The Labute approximate surface area is 161 Å². The van der Waals surface area contributed by atoms with Crippen molar-refractivity contribution < 1.29 is 9.59 Å². The average molecular weight is 381 g/mol. The van der Waals surface area contributed by atoms with Crippen LogP contribution in [0, 0.1) is 0 Å². The van der Waals surface area contributed by atoms with Crippen LogP contribution in [0.3, 0.4) is 0 Å². The maximum Gasteiger partial charge on any atom is 0.256 e. The molecule has 4 rings (SSSR count). The van der Waals surface area contributed by atoms with Gasteiger partial charge in [-0.3, -0.25) is 14.3 Å². The van der Waals surface area contributed by atoms with Gasteiger partial charge in [-0.2, -0.15) is 5.10 Å². The zero-order chi connectivity index (χ0) is 19.0. The van der Waals surface area contributed by atoms with E-state index in [1.165, 1.54) is 0 Å². The van der Waals surface area contributed by atoms with Gasteiger partial charge in [-0.15, -0.1) is 0 Å². The number of nitrogens with one attached hydrogen (secondary N) is 2. The van der Waals surface area contributed by atoms with Crippen LogP contribution in [-0.4, -0.2) is 21.6 Å². The molecule has 1 unspecified atom stereocenters. The van der Waals surface area contributed by atoms with Gasteiger partial charge in [0.1, 0.15) is 5.82 Å². The van der Waals surface area contributed by atoms with E-state index in [-0.39, 0.29) is 17.7 Å². The first-order chi connectivity index (χ1) is 13.0. The second-order valence-electron chi connectivity index (χ2n) is 6.41. The van der Waals surface area contributed by atoms with Crippen LogP contribution < -0.4 is 10.6 Å². The summed E-state index contributed by atoms with van der Waals surface area (Å²) in [6.45, 7) is 0. The Morgan fingerprint density at radius 1 is 1.22 bits per heavy atom. The van der Waals surface area contributed by atoms with Crippen LogP contribution in [0.2, 0.25) is 5.02 Å². The molecule has 1 atom stereocenters. The number of halogens is 1. The molecule has 136 valence electrons. The molecule has 27 heavy (non-hydrogen) atoms. The second kappa shape index (κ2) is 6.89. The number of fused-ring (bicyclic) bond motifs is 1. The summed E-state index contributed by atoms with van der Waals surface area (Å²) in [6, 6.07) is 16.5. The van der Waals surface area contributed by atoms with Crippen molar-refractivity contribution in [1.82, 2.24) is 9.78 Å². The number of nitrogens with zero attached hydrogens (tertiary/aromatic N) is 2. The van der Waals surface area contributed by atoms with Gasteiger partial charge >= 0.3 is 0 Å². The Morgan fingerprint density at radius 2 is 2.00 bits per heavy atom. The van der Waals surface area contributed by atoms with Crippen molar-refractivity contribution in [2.45, 2.75) is 12.3 Å². The minimum absolute atomic E-state index is 0.0768. The molecule has 2 aromatic carbocycles. The van der Waals surface area contributed by atoms with E-state index in [1.807, 2.05) is 30.3 Å². The van der Waals surface area contributed by atoms with E-state index < -0.39 is 0 Å². The van der Waals surface area contributed by atoms with Crippen molar-refractivity contribution in [3.63, 3.8) is 0 Å². The molecule has 1 aromatic heterocycles. The summed E-state index contributed by atoms with van der Waals surface area (Å²) in [5.74, 6) is 0.473. The first kappa shape index (κ1) is 17.3. The van der Waals surface area contributed by atoms with Crippen molar-refractivity contribution >= 4 is 35.1 Å². The third-order valence-electron chi connectivity index (χ3n) is 4.60. The molecule has 2 N–H and O–H groups in total. The van der Waals surface area contributed by atoms with Crippen LogP contribution in [0.25, 0.3) is 0 Å². The highest BCUT2D eigenvalue weighted by Crippen LogP contribution is 2.41. The molecule has 6 nitrogen and oxygen atoms in total. The minimum atomic E-state index is -0.304. The quantitative estimate of drug-likeness (QED) is 0.725. The monoisotopic (exact) mass is 380 g/mol. The van der Waals surface area contributed by atoms with E-state index in [0.29, 0.717) is 28.6 Å².